The highest BCUT2D eigenvalue weighted by Crippen LogP contribution is 2.21. The first-order valence-corrected chi connectivity index (χ1v) is 8.38. The number of amides is 2. The van der Waals surface area contributed by atoms with Crippen LogP contribution in [0, 0.1) is 17.0 Å². The monoisotopic (exact) mass is 373 g/mol. The van der Waals surface area contributed by atoms with Gasteiger partial charge in [-0.05, 0) is 30.7 Å². The van der Waals surface area contributed by atoms with Crippen LogP contribution in [0.25, 0.3) is 0 Å². The third kappa shape index (κ3) is 3.76. The number of benzene rings is 1. The molecule has 2 aromatic rings. The molecule has 142 valence electrons. The standard InChI is InChI=1S/C18H19N3O6/c1-12-3-4-13(11-15(12)26-2)17(22)19-7-9-20(10-8-19)18(23)14-5-6-16(27-14)21(24)25/h3-6,11H,7-10H2,1-2H3. The van der Waals surface area contributed by atoms with Crippen molar-refractivity contribution in [1.29, 1.82) is 0 Å². The second kappa shape index (κ2) is 7.48. The van der Waals surface area contributed by atoms with Crippen molar-refractivity contribution in [3.63, 3.8) is 0 Å². The predicted octanol–water partition coefficient (Wildman–Crippen LogP) is 2.10. The van der Waals surface area contributed by atoms with Crippen LogP contribution in [0.1, 0.15) is 26.5 Å². The van der Waals surface area contributed by atoms with Crippen molar-refractivity contribution in [2.24, 2.45) is 0 Å². The second-order valence-corrected chi connectivity index (χ2v) is 6.16. The fourth-order valence-electron chi connectivity index (χ4n) is 2.94. The van der Waals surface area contributed by atoms with Gasteiger partial charge in [-0.15, -0.1) is 0 Å². The molecule has 3 rings (SSSR count). The molecule has 1 saturated heterocycles. The van der Waals surface area contributed by atoms with E-state index in [1.165, 1.54) is 11.0 Å². The van der Waals surface area contributed by atoms with E-state index in [1.54, 1.807) is 24.1 Å². The van der Waals surface area contributed by atoms with Crippen molar-refractivity contribution in [3.8, 4) is 5.75 Å². The van der Waals surface area contributed by atoms with Gasteiger partial charge in [-0.1, -0.05) is 6.07 Å². The summed E-state index contributed by atoms with van der Waals surface area (Å²) in [6.07, 6.45) is 0. The molecule has 1 fully saturated rings. The van der Waals surface area contributed by atoms with Gasteiger partial charge in [-0.3, -0.25) is 19.7 Å². The maximum absolute atomic E-state index is 12.7. The van der Waals surface area contributed by atoms with Gasteiger partial charge in [0.15, 0.2) is 5.76 Å². The highest BCUT2D eigenvalue weighted by atomic mass is 16.6. The molecule has 2 amide bonds. The van der Waals surface area contributed by atoms with Gasteiger partial charge in [-0.2, -0.15) is 0 Å². The minimum atomic E-state index is -0.691. The summed E-state index contributed by atoms with van der Waals surface area (Å²) in [7, 11) is 1.56. The Morgan fingerprint density at radius 2 is 1.70 bits per heavy atom. The minimum Gasteiger partial charge on any atom is -0.496 e. The van der Waals surface area contributed by atoms with Crippen LogP contribution in [0.15, 0.2) is 34.7 Å². The summed E-state index contributed by atoms with van der Waals surface area (Å²) in [5, 5.41) is 10.7. The molecule has 0 bridgehead atoms. The lowest BCUT2D eigenvalue weighted by molar-refractivity contribution is -0.402. The zero-order valence-electron chi connectivity index (χ0n) is 15.0. The van der Waals surface area contributed by atoms with Crippen LogP contribution in [0.3, 0.4) is 0 Å². The van der Waals surface area contributed by atoms with E-state index >= 15 is 0 Å². The Bertz CT molecular complexity index is 883. The van der Waals surface area contributed by atoms with Crippen LogP contribution in [0.2, 0.25) is 0 Å². The predicted molar refractivity (Wildman–Crippen MR) is 94.9 cm³/mol. The lowest BCUT2D eigenvalue weighted by Crippen LogP contribution is -2.50. The molecule has 1 aliphatic rings. The molecule has 0 radical (unpaired) electrons. The number of hydrogen-bond acceptors (Lipinski definition) is 6. The van der Waals surface area contributed by atoms with Gasteiger partial charge in [0.1, 0.15) is 10.7 Å². The van der Waals surface area contributed by atoms with E-state index in [4.69, 9.17) is 9.15 Å². The molecule has 1 aliphatic heterocycles. The molecule has 27 heavy (non-hydrogen) atoms. The fraction of sp³-hybridized carbons (Fsp3) is 0.333. The number of ether oxygens (including phenoxy) is 1. The molecule has 0 N–H and O–H groups in total. The van der Waals surface area contributed by atoms with Gasteiger partial charge in [-0.25, -0.2) is 0 Å². The van der Waals surface area contributed by atoms with Crippen molar-refractivity contribution in [2.75, 3.05) is 33.3 Å². The SMILES string of the molecule is COc1cc(C(=O)N2CCN(C(=O)c3ccc([N+](=O)[O-])o3)CC2)ccc1C. The first-order valence-electron chi connectivity index (χ1n) is 8.38. The molecule has 0 spiro atoms. The number of carbonyl (C=O) groups excluding carboxylic acids is 2. The zero-order chi connectivity index (χ0) is 19.6. The van der Waals surface area contributed by atoms with E-state index in [-0.39, 0.29) is 11.7 Å². The number of hydrogen-bond donors (Lipinski definition) is 0. The van der Waals surface area contributed by atoms with Gasteiger partial charge in [0.05, 0.1) is 13.2 Å². The molecule has 2 heterocycles. The summed E-state index contributed by atoms with van der Waals surface area (Å²) >= 11 is 0. The normalized spacial score (nSPS) is 14.1. The maximum atomic E-state index is 12.7. The Balaban J connectivity index is 1.63. The summed E-state index contributed by atoms with van der Waals surface area (Å²) in [6.45, 7) is 3.27. The van der Waals surface area contributed by atoms with Crippen LogP contribution in [0.5, 0.6) is 5.75 Å². The van der Waals surface area contributed by atoms with E-state index < -0.39 is 16.7 Å². The quantitative estimate of drug-likeness (QED) is 0.600. The summed E-state index contributed by atoms with van der Waals surface area (Å²) < 4.78 is 10.2. The number of nitro groups is 1. The van der Waals surface area contributed by atoms with Crippen LogP contribution in [-0.2, 0) is 0 Å². The van der Waals surface area contributed by atoms with Crippen molar-refractivity contribution >= 4 is 17.7 Å². The largest absolute Gasteiger partial charge is 0.496 e. The Hall–Kier alpha value is -3.36. The van der Waals surface area contributed by atoms with E-state index in [1.807, 2.05) is 13.0 Å². The molecule has 9 nitrogen and oxygen atoms in total. The third-order valence-electron chi connectivity index (χ3n) is 4.49. The number of carbonyl (C=O) groups is 2. The molecule has 1 aromatic carbocycles. The van der Waals surface area contributed by atoms with Crippen LogP contribution >= 0.6 is 0 Å². The Morgan fingerprint density at radius 3 is 2.26 bits per heavy atom. The van der Waals surface area contributed by atoms with E-state index in [0.29, 0.717) is 37.5 Å². The van der Waals surface area contributed by atoms with Crippen molar-refractivity contribution in [1.82, 2.24) is 9.80 Å². The number of nitrogens with zero attached hydrogens (tertiary/aromatic N) is 3. The van der Waals surface area contributed by atoms with E-state index in [9.17, 15) is 19.7 Å². The number of furan rings is 1. The summed E-state index contributed by atoms with van der Waals surface area (Å²) in [5.74, 6) is -0.458. The third-order valence-corrected chi connectivity index (χ3v) is 4.49. The molecule has 1 aromatic heterocycles. The number of rotatable bonds is 4. The molecule has 0 aliphatic carbocycles. The average Bonchev–Trinajstić information content (AvgIpc) is 3.18. The highest BCUT2D eigenvalue weighted by Gasteiger charge is 2.28. The lowest BCUT2D eigenvalue weighted by atomic mass is 10.1. The molecule has 9 heteroatoms. The molecule has 0 saturated carbocycles. The van der Waals surface area contributed by atoms with E-state index in [2.05, 4.69) is 0 Å². The first kappa shape index (κ1) is 18.4. The van der Waals surface area contributed by atoms with Crippen molar-refractivity contribution < 1.29 is 23.7 Å². The zero-order valence-corrected chi connectivity index (χ0v) is 15.0. The fourth-order valence-corrected chi connectivity index (χ4v) is 2.94. The summed E-state index contributed by atoms with van der Waals surface area (Å²) in [6, 6.07) is 7.72. The number of methoxy groups -OCH3 is 1. The number of piperazine rings is 1. The van der Waals surface area contributed by atoms with Crippen LogP contribution in [0.4, 0.5) is 5.88 Å². The summed E-state index contributed by atoms with van der Waals surface area (Å²) in [5.41, 5.74) is 1.47. The average molecular weight is 373 g/mol. The lowest BCUT2D eigenvalue weighted by Gasteiger charge is -2.34. The summed E-state index contributed by atoms with van der Waals surface area (Å²) in [4.78, 5) is 38.2. The molecular weight excluding hydrogens is 354 g/mol. The second-order valence-electron chi connectivity index (χ2n) is 6.16. The van der Waals surface area contributed by atoms with Crippen molar-refractivity contribution in [2.45, 2.75) is 6.92 Å². The number of aryl methyl sites for hydroxylation is 1. The Morgan fingerprint density at radius 1 is 1.07 bits per heavy atom. The highest BCUT2D eigenvalue weighted by molar-refractivity contribution is 5.95. The van der Waals surface area contributed by atoms with Gasteiger partial charge < -0.3 is 19.0 Å². The van der Waals surface area contributed by atoms with Crippen LogP contribution in [-0.4, -0.2) is 59.8 Å². The van der Waals surface area contributed by atoms with Gasteiger partial charge >= 0.3 is 5.88 Å². The topological polar surface area (TPSA) is 106 Å². The first-order chi connectivity index (χ1) is 12.9. The minimum absolute atomic E-state index is 0.0789. The molecule has 0 unspecified atom stereocenters. The molecular formula is C18H19N3O6. The van der Waals surface area contributed by atoms with Crippen LogP contribution < -0.4 is 4.74 Å². The van der Waals surface area contributed by atoms with Crippen molar-refractivity contribution in [3.05, 3.63) is 57.3 Å². The Kier molecular flexibility index (Phi) is 5.11. The maximum Gasteiger partial charge on any atom is 0.433 e. The van der Waals surface area contributed by atoms with Gasteiger partial charge in [0.2, 0.25) is 0 Å². The van der Waals surface area contributed by atoms with Gasteiger partial charge in [0.25, 0.3) is 11.8 Å². The Labute approximate surface area is 155 Å². The smallest absolute Gasteiger partial charge is 0.433 e. The molecule has 0 atom stereocenters. The van der Waals surface area contributed by atoms with Gasteiger partial charge in [0, 0.05) is 31.7 Å². The van der Waals surface area contributed by atoms with E-state index in [0.717, 1.165) is 11.6 Å².